The lowest BCUT2D eigenvalue weighted by atomic mass is 10.2. The maximum Gasteiger partial charge on any atom is 0.303 e. The molecule has 0 bridgehead atoms. The third-order valence-corrected chi connectivity index (χ3v) is 2.97. The number of nitrogens with zero attached hydrogens (tertiary/aromatic N) is 2. The zero-order chi connectivity index (χ0) is 13.8. The molecule has 0 saturated carbocycles. The summed E-state index contributed by atoms with van der Waals surface area (Å²) >= 11 is 11.9. The van der Waals surface area contributed by atoms with Crippen molar-refractivity contribution in [3.05, 3.63) is 34.1 Å². The van der Waals surface area contributed by atoms with Crippen molar-refractivity contribution in [3.8, 4) is 11.5 Å². The number of rotatable bonds is 5. The Morgan fingerprint density at radius 1 is 1.32 bits per heavy atom. The van der Waals surface area contributed by atoms with Crippen LogP contribution < -0.4 is 0 Å². The third-order valence-electron chi connectivity index (χ3n) is 2.41. The minimum Gasteiger partial charge on any atom is -0.481 e. The van der Waals surface area contributed by atoms with Gasteiger partial charge in [0, 0.05) is 17.9 Å². The Bertz CT molecular complexity index is 598. The molecule has 7 heteroatoms. The minimum atomic E-state index is -0.849. The van der Waals surface area contributed by atoms with Crippen molar-refractivity contribution in [1.82, 2.24) is 10.2 Å². The number of halogens is 2. The molecule has 0 spiro atoms. The number of benzene rings is 1. The number of hydrogen-bond donors (Lipinski definition) is 1. The normalized spacial score (nSPS) is 10.6. The molecule has 0 fully saturated rings. The number of hydrogen-bond acceptors (Lipinski definition) is 4. The topological polar surface area (TPSA) is 76.2 Å². The SMILES string of the molecule is O=C(O)CCCc1nnc(-c2cc(Cl)ccc2Cl)o1. The van der Waals surface area contributed by atoms with E-state index in [4.69, 9.17) is 32.7 Å². The molecule has 1 N–H and O–H groups in total. The molecule has 2 aromatic rings. The standard InChI is InChI=1S/C12H10Cl2N2O3/c13-7-4-5-9(14)8(6-7)12-16-15-10(19-12)2-1-3-11(17)18/h4-6H,1-3H2,(H,17,18). The molecule has 1 aromatic heterocycles. The fraction of sp³-hybridized carbons (Fsp3) is 0.250. The third kappa shape index (κ3) is 3.68. The quantitative estimate of drug-likeness (QED) is 0.915. The Labute approximate surface area is 119 Å². The van der Waals surface area contributed by atoms with E-state index >= 15 is 0 Å². The molecule has 0 aliphatic carbocycles. The van der Waals surface area contributed by atoms with Crippen LogP contribution in [0.4, 0.5) is 0 Å². The van der Waals surface area contributed by atoms with Crippen LogP contribution in [-0.4, -0.2) is 21.3 Å². The summed E-state index contributed by atoms with van der Waals surface area (Å²) in [7, 11) is 0. The molecular weight excluding hydrogens is 291 g/mol. The first kappa shape index (κ1) is 13.8. The van der Waals surface area contributed by atoms with Crippen LogP contribution in [0.2, 0.25) is 10.0 Å². The van der Waals surface area contributed by atoms with Crippen LogP contribution in [-0.2, 0) is 11.2 Å². The molecule has 0 amide bonds. The molecule has 2 rings (SSSR count). The zero-order valence-corrected chi connectivity index (χ0v) is 11.3. The maximum atomic E-state index is 10.4. The van der Waals surface area contributed by atoms with Crippen molar-refractivity contribution in [2.45, 2.75) is 19.3 Å². The van der Waals surface area contributed by atoms with Crippen molar-refractivity contribution in [2.24, 2.45) is 0 Å². The van der Waals surface area contributed by atoms with Crippen LogP contribution in [0.5, 0.6) is 0 Å². The highest BCUT2D eigenvalue weighted by Crippen LogP contribution is 2.29. The van der Waals surface area contributed by atoms with Gasteiger partial charge in [0.1, 0.15) is 0 Å². The number of carboxylic acid groups (broad SMARTS) is 1. The molecule has 0 atom stereocenters. The van der Waals surface area contributed by atoms with E-state index in [-0.39, 0.29) is 12.3 Å². The van der Waals surface area contributed by atoms with Gasteiger partial charge in [-0.2, -0.15) is 0 Å². The van der Waals surface area contributed by atoms with E-state index in [0.29, 0.717) is 34.3 Å². The molecule has 0 radical (unpaired) electrons. The van der Waals surface area contributed by atoms with E-state index < -0.39 is 5.97 Å². The first-order valence-corrected chi connectivity index (χ1v) is 6.31. The summed E-state index contributed by atoms with van der Waals surface area (Å²) in [5.74, 6) is -0.192. The van der Waals surface area contributed by atoms with E-state index in [1.54, 1.807) is 18.2 Å². The highest BCUT2D eigenvalue weighted by molar-refractivity contribution is 6.35. The monoisotopic (exact) mass is 300 g/mol. The van der Waals surface area contributed by atoms with Crippen molar-refractivity contribution in [1.29, 1.82) is 0 Å². The Kier molecular flexibility index (Phi) is 4.39. The van der Waals surface area contributed by atoms with Crippen molar-refractivity contribution in [2.75, 3.05) is 0 Å². The Morgan fingerprint density at radius 3 is 2.84 bits per heavy atom. The fourth-order valence-electron chi connectivity index (χ4n) is 1.52. The Balaban J connectivity index is 2.12. The number of carboxylic acids is 1. The predicted octanol–water partition coefficient (Wildman–Crippen LogP) is 3.45. The zero-order valence-electron chi connectivity index (χ0n) is 9.77. The number of aromatic nitrogens is 2. The van der Waals surface area contributed by atoms with Crippen LogP contribution in [0, 0.1) is 0 Å². The number of aliphatic carboxylic acids is 1. The van der Waals surface area contributed by atoms with E-state index in [1.165, 1.54) is 0 Å². The van der Waals surface area contributed by atoms with Crippen LogP contribution in [0.25, 0.3) is 11.5 Å². The van der Waals surface area contributed by atoms with Crippen LogP contribution in [0.3, 0.4) is 0 Å². The van der Waals surface area contributed by atoms with Crippen molar-refractivity contribution < 1.29 is 14.3 Å². The lowest BCUT2D eigenvalue weighted by Crippen LogP contribution is -1.95. The van der Waals surface area contributed by atoms with Gasteiger partial charge in [0.25, 0.3) is 0 Å². The number of carbonyl (C=O) groups is 1. The molecule has 0 saturated heterocycles. The molecule has 1 aromatic carbocycles. The molecular formula is C12H10Cl2N2O3. The van der Waals surface area contributed by atoms with Gasteiger partial charge in [0.15, 0.2) is 0 Å². The summed E-state index contributed by atoms with van der Waals surface area (Å²) in [6.07, 6.45) is 0.924. The molecule has 1 heterocycles. The first-order valence-electron chi connectivity index (χ1n) is 5.56. The number of aryl methyl sites for hydroxylation is 1. The van der Waals surface area contributed by atoms with Gasteiger partial charge in [-0.3, -0.25) is 4.79 Å². The van der Waals surface area contributed by atoms with Gasteiger partial charge in [-0.05, 0) is 24.6 Å². The van der Waals surface area contributed by atoms with Crippen molar-refractivity contribution in [3.63, 3.8) is 0 Å². The van der Waals surface area contributed by atoms with E-state index in [1.807, 2.05) is 0 Å². The van der Waals surface area contributed by atoms with Crippen LogP contribution in [0.15, 0.2) is 22.6 Å². The second-order valence-corrected chi connectivity index (χ2v) is 4.72. The van der Waals surface area contributed by atoms with Gasteiger partial charge in [-0.25, -0.2) is 0 Å². The van der Waals surface area contributed by atoms with Gasteiger partial charge in [-0.1, -0.05) is 23.2 Å². The summed E-state index contributed by atoms with van der Waals surface area (Å²) in [6, 6.07) is 4.95. The molecule has 19 heavy (non-hydrogen) atoms. The second-order valence-electron chi connectivity index (χ2n) is 3.87. The molecule has 100 valence electrons. The molecule has 0 aliphatic rings. The van der Waals surface area contributed by atoms with Gasteiger partial charge in [-0.15, -0.1) is 10.2 Å². The molecule has 5 nitrogen and oxygen atoms in total. The average Bonchev–Trinajstić information content (AvgIpc) is 2.80. The minimum absolute atomic E-state index is 0.0651. The lowest BCUT2D eigenvalue weighted by Gasteiger charge is -1.99. The summed E-state index contributed by atoms with van der Waals surface area (Å²) in [5.41, 5.74) is 0.561. The Hall–Kier alpha value is -1.59. The summed E-state index contributed by atoms with van der Waals surface area (Å²) in [5, 5.41) is 17.3. The van der Waals surface area contributed by atoms with E-state index in [2.05, 4.69) is 10.2 Å². The van der Waals surface area contributed by atoms with Crippen LogP contribution >= 0.6 is 23.2 Å². The molecule has 0 aliphatic heterocycles. The van der Waals surface area contributed by atoms with E-state index in [9.17, 15) is 4.79 Å². The van der Waals surface area contributed by atoms with Gasteiger partial charge in [0.05, 0.1) is 10.6 Å². The summed E-state index contributed by atoms with van der Waals surface area (Å²) in [6.45, 7) is 0. The van der Waals surface area contributed by atoms with Crippen molar-refractivity contribution >= 4 is 29.2 Å². The molecule has 0 unspecified atom stereocenters. The largest absolute Gasteiger partial charge is 0.481 e. The smallest absolute Gasteiger partial charge is 0.303 e. The summed E-state index contributed by atoms with van der Waals surface area (Å²) < 4.78 is 5.43. The van der Waals surface area contributed by atoms with Gasteiger partial charge < -0.3 is 9.52 Å². The maximum absolute atomic E-state index is 10.4. The van der Waals surface area contributed by atoms with Gasteiger partial charge >= 0.3 is 5.97 Å². The lowest BCUT2D eigenvalue weighted by molar-refractivity contribution is -0.137. The van der Waals surface area contributed by atoms with Crippen LogP contribution in [0.1, 0.15) is 18.7 Å². The highest BCUT2D eigenvalue weighted by atomic mass is 35.5. The fourth-order valence-corrected chi connectivity index (χ4v) is 1.89. The summed E-state index contributed by atoms with van der Waals surface area (Å²) in [4.78, 5) is 10.4. The predicted molar refractivity (Wildman–Crippen MR) is 70.3 cm³/mol. The van der Waals surface area contributed by atoms with E-state index in [0.717, 1.165) is 0 Å². The average molecular weight is 301 g/mol. The Morgan fingerprint density at radius 2 is 2.11 bits per heavy atom. The first-order chi connectivity index (χ1) is 9.06. The highest BCUT2D eigenvalue weighted by Gasteiger charge is 2.12. The second kappa shape index (κ2) is 6.04. The van der Waals surface area contributed by atoms with Gasteiger partial charge in [0.2, 0.25) is 11.8 Å².